The number of aromatic nitrogens is 2. The van der Waals surface area contributed by atoms with E-state index in [4.69, 9.17) is 0 Å². The van der Waals surface area contributed by atoms with Gasteiger partial charge in [-0.1, -0.05) is 12.1 Å². The summed E-state index contributed by atoms with van der Waals surface area (Å²) in [6.07, 6.45) is 4.24. The number of carbonyl (C=O) groups excluding carboxylic acids is 1. The Morgan fingerprint density at radius 1 is 1.26 bits per heavy atom. The second kappa shape index (κ2) is 5.81. The molecule has 0 atom stereocenters. The molecule has 0 saturated heterocycles. The molecular weight excluding hydrogens is 247 g/mol. The predicted octanol–water partition coefficient (Wildman–Crippen LogP) is 1.77. The maximum atomic E-state index is 12.8. The predicted molar refractivity (Wildman–Crippen MR) is 68.1 cm³/mol. The van der Waals surface area contributed by atoms with Gasteiger partial charge < -0.3 is 0 Å². The van der Waals surface area contributed by atoms with Crippen molar-refractivity contribution < 1.29 is 9.18 Å². The van der Waals surface area contributed by atoms with E-state index in [2.05, 4.69) is 20.5 Å². The van der Waals surface area contributed by atoms with Crippen LogP contribution in [0.4, 0.5) is 4.39 Å². The molecule has 96 valence electrons. The van der Waals surface area contributed by atoms with Crippen LogP contribution in [0.2, 0.25) is 0 Å². The maximum Gasteiger partial charge on any atom is 0.291 e. The third kappa shape index (κ3) is 3.41. The third-order valence-electron chi connectivity index (χ3n) is 2.38. The number of carbonyl (C=O) groups is 1. The lowest BCUT2D eigenvalue weighted by atomic mass is 10.1. The highest BCUT2D eigenvalue weighted by molar-refractivity contribution is 6.00. The van der Waals surface area contributed by atoms with Gasteiger partial charge in [0.1, 0.15) is 11.5 Å². The van der Waals surface area contributed by atoms with E-state index in [1.165, 1.54) is 30.7 Å². The van der Waals surface area contributed by atoms with E-state index in [-0.39, 0.29) is 11.5 Å². The van der Waals surface area contributed by atoms with Crippen molar-refractivity contribution in [2.24, 2.45) is 5.10 Å². The minimum Gasteiger partial charge on any atom is -0.265 e. The molecule has 0 aliphatic heterocycles. The van der Waals surface area contributed by atoms with E-state index in [1.54, 1.807) is 19.1 Å². The highest BCUT2D eigenvalue weighted by Gasteiger charge is 2.05. The van der Waals surface area contributed by atoms with Crippen LogP contribution in [0, 0.1) is 5.82 Å². The van der Waals surface area contributed by atoms with Gasteiger partial charge in [0.2, 0.25) is 0 Å². The van der Waals surface area contributed by atoms with Crippen LogP contribution in [0.15, 0.2) is 48.0 Å². The molecule has 0 fully saturated rings. The number of amides is 1. The largest absolute Gasteiger partial charge is 0.291 e. The van der Waals surface area contributed by atoms with Crippen LogP contribution >= 0.6 is 0 Å². The Kier molecular flexibility index (Phi) is 3.92. The second-order valence-electron chi connectivity index (χ2n) is 3.74. The lowest BCUT2D eigenvalue weighted by Gasteiger charge is -2.02. The summed E-state index contributed by atoms with van der Waals surface area (Å²) in [5, 5.41) is 3.93. The summed E-state index contributed by atoms with van der Waals surface area (Å²) in [6.45, 7) is 1.71. The van der Waals surface area contributed by atoms with Crippen LogP contribution in [0.3, 0.4) is 0 Å². The number of hydrogen-bond donors (Lipinski definition) is 1. The molecule has 0 spiro atoms. The number of nitrogens with one attached hydrogen (secondary N) is 1. The van der Waals surface area contributed by atoms with E-state index >= 15 is 0 Å². The van der Waals surface area contributed by atoms with Gasteiger partial charge in [0.15, 0.2) is 0 Å². The summed E-state index contributed by atoms with van der Waals surface area (Å²) in [7, 11) is 0. The van der Waals surface area contributed by atoms with Crippen molar-refractivity contribution in [3.05, 3.63) is 59.9 Å². The van der Waals surface area contributed by atoms with Crippen molar-refractivity contribution in [2.45, 2.75) is 6.92 Å². The molecule has 0 aliphatic carbocycles. The SMILES string of the molecule is C/C(=N/NC(=O)c1cnccn1)c1ccc(F)cc1. The number of hydrogen-bond acceptors (Lipinski definition) is 4. The lowest BCUT2D eigenvalue weighted by molar-refractivity contribution is 0.0949. The summed E-state index contributed by atoms with van der Waals surface area (Å²) in [6, 6.07) is 5.84. The van der Waals surface area contributed by atoms with Crippen LogP contribution in [0.25, 0.3) is 0 Å². The molecule has 19 heavy (non-hydrogen) atoms. The molecule has 1 aromatic carbocycles. The van der Waals surface area contributed by atoms with Crippen molar-refractivity contribution in [1.82, 2.24) is 15.4 Å². The van der Waals surface area contributed by atoms with Crippen LogP contribution in [-0.4, -0.2) is 21.6 Å². The molecule has 0 radical (unpaired) electrons. The Hall–Kier alpha value is -2.63. The van der Waals surface area contributed by atoms with Crippen molar-refractivity contribution in [3.8, 4) is 0 Å². The van der Waals surface area contributed by atoms with Gasteiger partial charge in [0.05, 0.1) is 11.9 Å². The average molecular weight is 258 g/mol. The fourth-order valence-corrected chi connectivity index (χ4v) is 1.36. The van der Waals surface area contributed by atoms with Gasteiger partial charge in [-0.25, -0.2) is 14.8 Å². The minimum atomic E-state index is -0.449. The van der Waals surface area contributed by atoms with Gasteiger partial charge in [-0.15, -0.1) is 0 Å². The lowest BCUT2D eigenvalue weighted by Crippen LogP contribution is -2.20. The first kappa shape index (κ1) is 12.8. The molecule has 2 aromatic rings. The number of benzene rings is 1. The first-order chi connectivity index (χ1) is 9.16. The Bertz CT molecular complexity index is 596. The van der Waals surface area contributed by atoms with Crippen LogP contribution in [0.5, 0.6) is 0 Å². The van der Waals surface area contributed by atoms with E-state index in [9.17, 15) is 9.18 Å². The van der Waals surface area contributed by atoms with Crippen LogP contribution in [-0.2, 0) is 0 Å². The molecule has 1 amide bonds. The summed E-state index contributed by atoms with van der Waals surface area (Å²) in [4.78, 5) is 19.3. The molecular formula is C13H11FN4O. The van der Waals surface area contributed by atoms with Gasteiger partial charge in [-0.05, 0) is 24.6 Å². The smallest absolute Gasteiger partial charge is 0.265 e. The molecule has 0 saturated carbocycles. The van der Waals surface area contributed by atoms with Crippen molar-refractivity contribution in [1.29, 1.82) is 0 Å². The highest BCUT2D eigenvalue weighted by Crippen LogP contribution is 2.04. The molecule has 0 bridgehead atoms. The van der Waals surface area contributed by atoms with Gasteiger partial charge in [0, 0.05) is 12.4 Å². The van der Waals surface area contributed by atoms with Crippen molar-refractivity contribution in [2.75, 3.05) is 0 Å². The number of rotatable bonds is 3. The maximum absolute atomic E-state index is 12.8. The number of hydrazone groups is 1. The zero-order chi connectivity index (χ0) is 13.7. The molecule has 1 aromatic heterocycles. The first-order valence-corrected chi connectivity index (χ1v) is 5.53. The van der Waals surface area contributed by atoms with E-state index in [0.717, 1.165) is 5.56 Å². The number of halogens is 1. The van der Waals surface area contributed by atoms with Crippen LogP contribution in [0.1, 0.15) is 23.0 Å². The van der Waals surface area contributed by atoms with E-state index in [1.807, 2.05) is 0 Å². The van der Waals surface area contributed by atoms with Gasteiger partial charge in [-0.3, -0.25) is 9.78 Å². The zero-order valence-corrected chi connectivity index (χ0v) is 10.2. The second-order valence-corrected chi connectivity index (χ2v) is 3.74. The topological polar surface area (TPSA) is 67.2 Å². The van der Waals surface area contributed by atoms with Gasteiger partial charge in [0.25, 0.3) is 5.91 Å². The number of nitrogens with zero attached hydrogens (tertiary/aromatic N) is 3. The summed E-state index contributed by atoms with van der Waals surface area (Å²) in [5.74, 6) is -0.769. The standard InChI is InChI=1S/C13H11FN4O/c1-9(10-2-4-11(14)5-3-10)17-18-13(19)12-8-15-6-7-16-12/h2-8H,1H3,(H,18,19)/b17-9-. The monoisotopic (exact) mass is 258 g/mol. The third-order valence-corrected chi connectivity index (χ3v) is 2.38. The zero-order valence-electron chi connectivity index (χ0n) is 10.2. The van der Waals surface area contributed by atoms with E-state index in [0.29, 0.717) is 5.71 Å². The minimum absolute atomic E-state index is 0.179. The van der Waals surface area contributed by atoms with Crippen molar-refractivity contribution >= 4 is 11.6 Å². The molecule has 0 unspecified atom stereocenters. The average Bonchev–Trinajstić information content (AvgIpc) is 2.46. The summed E-state index contributed by atoms with van der Waals surface area (Å²) < 4.78 is 12.8. The normalized spacial score (nSPS) is 11.2. The Morgan fingerprint density at radius 2 is 2.00 bits per heavy atom. The molecule has 1 heterocycles. The fraction of sp³-hybridized carbons (Fsp3) is 0.0769. The Labute approximate surface area is 109 Å². The Balaban J connectivity index is 2.06. The molecule has 5 nitrogen and oxygen atoms in total. The Morgan fingerprint density at radius 3 is 2.63 bits per heavy atom. The molecule has 6 heteroatoms. The van der Waals surface area contributed by atoms with Crippen LogP contribution < -0.4 is 5.43 Å². The quantitative estimate of drug-likeness (QED) is 0.674. The van der Waals surface area contributed by atoms with Crippen molar-refractivity contribution in [3.63, 3.8) is 0 Å². The van der Waals surface area contributed by atoms with E-state index < -0.39 is 5.91 Å². The molecule has 0 aliphatic rings. The first-order valence-electron chi connectivity index (χ1n) is 5.53. The summed E-state index contributed by atoms with van der Waals surface area (Å²) in [5.41, 5.74) is 3.83. The molecule has 1 N–H and O–H groups in total. The summed E-state index contributed by atoms with van der Waals surface area (Å²) >= 11 is 0. The van der Waals surface area contributed by atoms with Gasteiger partial charge >= 0.3 is 0 Å². The molecule has 2 rings (SSSR count). The van der Waals surface area contributed by atoms with Gasteiger partial charge in [-0.2, -0.15) is 5.10 Å². The highest BCUT2D eigenvalue weighted by atomic mass is 19.1. The fourth-order valence-electron chi connectivity index (χ4n) is 1.36.